The number of likely N-dealkylation sites (tertiary alicyclic amines) is 1. The van der Waals surface area contributed by atoms with Crippen LogP contribution in [0, 0.1) is 5.92 Å². The Morgan fingerprint density at radius 3 is 3.11 bits per heavy atom. The first-order valence-corrected chi connectivity index (χ1v) is 6.99. The summed E-state index contributed by atoms with van der Waals surface area (Å²) < 4.78 is 5.36. The maximum atomic E-state index is 12.2. The predicted molar refractivity (Wildman–Crippen MR) is 68.2 cm³/mol. The first-order valence-electron chi connectivity index (χ1n) is 6.99. The minimum atomic E-state index is 0.171. The lowest BCUT2D eigenvalue weighted by molar-refractivity contribution is -0.134. The average Bonchev–Trinajstić information content (AvgIpc) is 2.40. The first-order chi connectivity index (χ1) is 8.79. The lowest BCUT2D eigenvalue weighted by Gasteiger charge is -2.34. The van der Waals surface area contributed by atoms with Gasteiger partial charge in [0.25, 0.3) is 0 Å². The normalized spacial score (nSPS) is 29.3. The molecule has 0 spiro atoms. The van der Waals surface area contributed by atoms with E-state index in [4.69, 9.17) is 9.84 Å². The minimum absolute atomic E-state index is 0.171. The van der Waals surface area contributed by atoms with Gasteiger partial charge in [-0.1, -0.05) is 0 Å². The lowest BCUT2D eigenvalue weighted by atomic mass is 9.95. The number of rotatable bonds is 4. The summed E-state index contributed by atoms with van der Waals surface area (Å²) in [6.45, 7) is 4.13. The van der Waals surface area contributed by atoms with Crippen LogP contribution in [-0.4, -0.2) is 61.4 Å². The summed E-state index contributed by atoms with van der Waals surface area (Å²) in [5.41, 5.74) is 0. The Labute approximate surface area is 108 Å². The molecule has 0 aliphatic carbocycles. The zero-order chi connectivity index (χ0) is 12.8. The Hall–Kier alpha value is -0.650. The second-order valence-corrected chi connectivity index (χ2v) is 5.29. The number of carbonyl (C=O) groups excluding carboxylic acids is 1. The second kappa shape index (κ2) is 7.07. The quantitative estimate of drug-likeness (QED) is 0.742. The van der Waals surface area contributed by atoms with Gasteiger partial charge in [-0.05, 0) is 25.2 Å². The number of carbonyl (C=O) groups is 1. The van der Waals surface area contributed by atoms with E-state index in [-0.39, 0.29) is 18.6 Å². The van der Waals surface area contributed by atoms with Crippen LogP contribution in [0.5, 0.6) is 0 Å². The first kappa shape index (κ1) is 13.8. The molecule has 5 heteroatoms. The third-order valence-electron chi connectivity index (χ3n) is 3.83. The predicted octanol–water partition coefficient (Wildman–Crippen LogP) is -0.0141. The van der Waals surface area contributed by atoms with Crippen LogP contribution in [0.3, 0.4) is 0 Å². The number of ether oxygens (including phenoxy) is 1. The van der Waals surface area contributed by atoms with Crippen molar-refractivity contribution >= 4 is 5.91 Å². The molecule has 2 aliphatic heterocycles. The maximum Gasteiger partial charge on any atom is 0.224 e. The van der Waals surface area contributed by atoms with Gasteiger partial charge in [0.2, 0.25) is 5.91 Å². The van der Waals surface area contributed by atoms with Crippen LogP contribution in [0.4, 0.5) is 0 Å². The summed E-state index contributed by atoms with van der Waals surface area (Å²) in [5.74, 6) is 0.698. The van der Waals surface area contributed by atoms with Crippen molar-refractivity contribution in [1.29, 1.82) is 0 Å². The van der Waals surface area contributed by atoms with Gasteiger partial charge in [-0.2, -0.15) is 0 Å². The fourth-order valence-corrected chi connectivity index (χ4v) is 2.80. The van der Waals surface area contributed by atoms with Crippen molar-refractivity contribution in [3.63, 3.8) is 0 Å². The van der Waals surface area contributed by atoms with Crippen LogP contribution in [0.1, 0.15) is 25.7 Å². The number of piperidine rings is 1. The lowest BCUT2D eigenvalue weighted by Crippen LogP contribution is -2.47. The fraction of sp³-hybridized carbons (Fsp3) is 0.923. The summed E-state index contributed by atoms with van der Waals surface area (Å²) in [6, 6.07) is 0.171. The van der Waals surface area contributed by atoms with Crippen molar-refractivity contribution < 1.29 is 14.6 Å². The zero-order valence-electron chi connectivity index (χ0n) is 10.9. The standard InChI is InChI=1S/C13H24N2O3/c16-6-3-11-2-1-5-15(9-11)13(17)8-12-10-18-7-4-14-12/h11-12,14,16H,1-10H2. The smallest absolute Gasteiger partial charge is 0.224 e. The van der Waals surface area contributed by atoms with Gasteiger partial charge in [-0.25, -0.2) is 0 Å². The molecular weight excluding hydrogens is 232 g/mol. The van der Waals surface area contributed by atoms with Crippen LogP contribution in [-0.2, 0) is 9.53 Å². The van der Waals surface area contributed by atoms with E-state index in [1.807, 2.05) is 4.90 Å². The molecule has 0 radical (unpaired) electrons. The summed E-state index contributed by atoms with van der Waals surface area (Å²) >= 11 is 0. The van der Waals surface area contributed by atoms with E-state index < -0.39 is 0 Å². The van der Waals surface area contributed by atoms with Crippen LogP contribution in [0.15, 0.2) is 0 Å². The highest BCUT2D eigenvalue weighted by Gasteiger charge is 2.25. The van der Waals surface area contributed by atoms with Gasteiger partial charge in [-0.15, -0.1) is 0 Å². The number of hydrogen-bond donors (Lipinski definition) is 2. The van der Waals surface area contributed by atoms with E-state index in [1.54, 1.807) is 0 Å². The molecular formula is C13H24N2O3. The molecule has 2 N–H and O–H groups in total. The Morgan fingerprint density at radius 1 is 1.50 bits per heavy atom. The number of nitrogens with zero attached hydrogens (tertiary/aromatic N) is 1. The highest BCUT2D eigenvalue weighted by Crippen LogP contribution is 2.20. The Kier molecular flexibility index (Phi) is 5.41. The fourth-order valence-electron chi connectivity index (χ4n) is 2.80. The van der Waals surface area contributed by atoms with E-state index >= 15 is 0 Å². The summed E-state index contributed by atoms with van der Waals surface area (Å²) in [4.78, 5) is 14.1. The number of amides is 1. The Morgan fingerprint density at radius 2 is 2.39 bits per heavy atom. The number of hydrogen-bond acceptors (Lipinski definition) is 4. The van der Waals surface area contributed by atoms with Gasteiger partial charge in [0.1, 0.15) is 0 Å². The molecule has 18 heavy (non-hydrogen) atoms. The van der Waals surface area contributed by atoms with Crippen molar-refractivity contribution in [1.82, 2.24) is 10.2 Å². The Balaban J connectivity index is 1.76. The van der Waals surface area contributed by atoms with E-state index in [0.29, 0.717) is 18.9 Å². The molecule has 104 valence electrons. The minimum Gasteiger partial charge on any atom is -0.396 e. The van der Waals surface area contributed by atoms with Crippen molar-refractivity contribution in [2.75, 3.05) is 39.5 Å². The molecule has 1 amide bonds. The summed E-state index contributed by atoms with van der Waals surface area (Å²) in [7, 11) is 0. The van der Waals surface area contributed by atoms with Gasteiger partial charge in [0, 0.05) is 38.7 Å². The van der Waals surface area contributed by atoms with Crippen molar-refractivity contribution in [3.8, 4) is 0 Å². The number of aliphatic hydroxyl groups is 1. The molecule has 0 aromatic heterocycles. The van der Waals surface area contributed by atoms with Gasteiger partial charge >= 0.3 is 0 Å². The SMILES string of the molecule is O=C(CC1COCCN1)N1CCCC(CCO)C1. The second-order valence-electron chi connectivity index (χ2n) is 5.29. The average molecular weight is 256 g/mol. The highest BCUT2D eigenvalue weighted by atomic mass is 16.5. The molecule has 0 aromatic rings. The molecule has 2 fully saturated rings. The van der Waals surface area contributed by atoms with E-state index in [0.717, 1.165) is 45.5 Å². The van der Waals surface area contributed by atoms with Gasteiger partial charge in [-0.3, -0.25) is 4.79 Å². The zero-order valence-corrected chi connectivity index (χ0v) is 10.9. The van der Waals surface area contributed by atoms with E-state index in [9.17, 15) is 4.79 Å². The molecule has 2 saturated heterocycles. The third-order valence-corrected chi connectivity index (χ3v) is 3.83. The van der Waals surface area contributed by atoms with Crippen LogP contribution < -0.4 is 5.32 Å². The number of nitrogens with one attached hydrogen (secondary N) is 1. The molecule has 0 saturated carbocycles. The van der Waals surface area contributed by atoms with Crippen molar-refractivity contribution in [2.45, 2.75) is 31.7 Å². The summed E-state index contributed by atoms with van der Waals surface area (Å²) in [5, 5.41) is 12.3. The van der Waals surface area contributed by atoms with Gasteiger partial charge < -0.3 is 20.1 Å². The maximum absolute atomic E-state index is 12.2. The summed E-state index contributed by atoms with van der Waals surface area (Å²) in [6.07, 6.45) is 3.54. The largest absolute Gasteiger partial charge is 0.396 e. The van der Waals surface area contributed by atoms with E-state index in [2.05, 4.69) is 5.32 Å². The topological polar surface area (TPSA) is 61.8 Å². The Bertz CT molecular complexity index is 265. The van der Waals surface area contributed by atoms with Crippen LogP contribution >= 0.6 is 0 Å². The monoisotopic (exact) mass is 256 g/mol. The van der Waals surface area contributed by atoms with Crippen molar-refractivity contribution in [3.05, 3.63) is 0 Å². The number of morpholine rings is 1. The molecule has 2 aliphatic rings. The molecule has 2 heterocycles. The molecule has 5 nitrogen and oxygen atoms in total. The van der Waals surface area contributed by atoms with Crippen LogP contribution in [0.2, 0.25) is 0 Å². The molecule has 2 unspecified atom stereocenters. The van der Waals surface area contributed by atoms with Gasteiger partial charge in [0.15, 0.2) is 0 Å². The van der Waals surface area contributed by atoms with Crippen molar-refractivity contribution in [2.24, 2.45) is 5.92 Å². The van der Waals surface area contributed by atoms with Gasteiger partial charge in [0.05, 0.1) is 13.2 Å². The molecule has 2 atom stereocenters. The number of aliphatic hydroxyl groups excluding tert-OH is 1. The highest BCUT2D eigenvalue weighted by molar-refractivity contribution is 5.77. The van der Waals surface area contributed by atoms with Crippen LogP contribution in [0.25, 0.3) is 0 Å². The molecule has 0 aromatic carbocycles. The third kappa shape index (κ3) is 3.93. The molecule has 0 bridgehead atoms. The van der Waals surface area contributed by atoms with E-state index in [1.165, 1.54) is 0 Å². The molecule has 2 rings (SSSR count).